The molecule has 0 aliphatic heterocycles. The highest BCUT2D eigenvalue weighted by atomic mass is 28.4. The lowest BCUT2D eigenvalue weighted by Gasteiger charge is -2.43. The van der Waals surface area contributed by atoms with E-state index in [0.29, 0.717) is 6.10 Å². The quantitative estimate of drug-likeness (QED) is 0.781. The predicted octanol–water partition coefficient (Wildman–Crippen LogP) is 3.73. The molecule has 0 bridgehead atoms. The van der Waals surface area contributed by atoms with Gasteiger partial charge in [-0.3, -0.25) is 0 Å². The zero-order valence-electron chi connectivity index (χ0n) is 13.2. The Morgan fingerprint density at radius 3 is 1.57 bits per heavy atom. The van der Waals surface area contributed by atoms with Crippen molar-refractivity contribution in [2.45, 2.75) is 44.8 Å². The zero-order valence-corrected chi connectivity index (χ0v) is 14.2. The van der Waals surface area contributed by atoms with Crippen molar-refractivity contribution in [3.05, 3.63) is 60.7 Å². The molecule has 0 unspecified atom stereocenters. The molecule has 0 heterocycles. The lowest BCUT2D eigenvalue weighted by atomic mass is 10.2. The summed E-state index contributed by atoms with van der Waals surface area (Å²) >= 11 is 0. The maximum absolute atomic E-state index is 6.82. The lowest BCUT2D eigenvalue weighted by molar-refractivity contribution is 0.283. The van der Waals surface area contributed by atoms with Crippen LogP contribution in [0, 0.1) is 0 Å². The van der Waals surface area contributed by atoms with Crippen LogP contribution in [0.4, 0.5) is 0 Å². The highest BCUT2D eigenvalue weighted by molar-refractivity contribution is 6.99. The van der Waals surface area contributed by atoms with Gasteiger partial charge in [0, 0.05) is 6.10 Å². The SMILES string of the molecule is CC(C)(C)[Si](OC1CC1)(c1ccccc1)c1ccccc1. The second kappa shape index (κ2) is 5.43. The van der Waals surface area contributed by atoms with Gasteiger partial charge in [-0.1, -0.05) is 81.4 Å². The van der Waals surface area contributed by atoms with Crippen molar-refractivity contribution in [1.29, 1.82) is 0 Å². The Hall–Kier alpha value is -1.38. The van der Waals surface area contributed by atoms with E-state index in [-0.39, 0.29) is 5.04 Å². The van der Waals surface area contributed by atoms with E-state index in [1.807, 2.05) is 0 Å². The fourth-order valence-electron chi connectivity index (χ4n) is 3.13. The number of benzene rings is 2. The van der Waals surface area contributed by atoms with Crippen molar-refractivity contribution in [2.24, 2.45) is 0 Å². The van der Waals surface area contributed by atoms with Crippen LogP contribution in [0.25, 0.3) is 0 Å². The van der Waals surface area contributed by atoms with E-state index in [2.05, 4.69) is 81.4 Å². The summed E-state index contributed by atoms with van der Waals surface area (Å²) in [5.41, 5.74) is 0. The van der Waals surface area contributed by atoms with Crippen LogP contribution in [-0.4, -0.2) is 14.4 Å². The lowest BCUT2D eigenvalue weighted by Crippen LogP contribution is -2.66. The van der Waals surface area contributed by atoms with Crippen LogP contribution < -0.4 is 10.4 Å². The highest BCUT2D eigenvalue weighted by Crippen LogP contribution is 2.40. The molecule has 2 aromatic carbocycles. The van der Waals surface area contributed by atoms with Crippen LogP contribution >= 0.6 is 0 Å². The maximum atomic E-state index is 6.82. The van der Waals surface area contributed by atoms with Gasteiger partial charge in [0.2, 0.25) is 0 Å². The molecule has 3 rings (SSSR count). The van der Waals surface area contributed by atoms with E-state index in [1.54, 1.807) is 0 Å². The van der Waals surface area contributed by atoms with E-state index in [9.17, 15) is 0 Å². The van der Waals surface area contributed by atoms with Crippen molar-refractivity contribution in [3.63, 3.8) is 0 Å². The van der Waals surface area contributed by atoms with Gasteiger partial charge in [-0.25, -0.2) is 0 Å². The molecule has 21 heavy (non-hydrogen) atoms. The first-order chi connectivity index (χ1) is 10.0. The zero-order chi connectivity index (χ0) is 14.9. The van der Waals surface area contributed by atoms with Crippen LogP contribution in [-0.2, 0) is 4.43 Å². The fourth-order valence-corrected chi connectivity index (χ4v) is 7.88. The van der Waals surface area contributed by atoms with Crippen molar-refractivity contribution >= 4 is 18.7 Å². The predicted molar refractivity (Wildman–Crippen MR) is 91.7 cm³/mol. The molecule has 1 saturated carbocycles. The summed E-state index contributed by atoms with van der Waals surface area (Å²) in [5, 5.41) is 2.88. The molecule has 0 atom stereocenters. The van der Waals surface area contributed by atoms with Gasteiger partial charge in [0.05, 0.1) is 0 Å². The van der Waals surface area contributed by atoms with E-state index in [4.69, 9.17) is 4.43 Å². The molecular weight excluding hydrogens is 272 g/mol. The van der Waals surface area contributed by atoms with Gasteiger partial charge in [0.15, 0.2) is 0 Å². The Balaban J connectivity index is 2.20. The molecule has 1 fully saturated rings. The third kappa shape index (κ3) is 2.70. The number of hydrogen-bond donors (Lipinski definition) is 0. The molecule has 0 radical (unpaired) electrons. The molecule has 1 nitrogen and oxygen atoms in total. The topological polar surface area (TPSA) is 9.23 Å². The molecule has 2 heteroatoms. The summed E-state index contributed by atoms with van der Waals surface area (Å²) in [6.07, 6.45) is 2.88. The molecule has 1 aliphatic rings. The Labute approximate surface area is 129 Å². The van der Waals surface area contributed by atoms with Crippen molar-refractivity contribution in [3.8, 4) is 0 Å². The average Bonchev–Trinajstić information content (AvgIpc) is 3.29. The average molecular weight is 296 g/mol. The first-order valence-corrected chi connectivity index (χ1v) is 9.74. The second-order valence-corrected chi connectivity index (χ2v) is 11.2. The van der Waals surface area contributed by atoms with Crippen LogP contribution in [0.5, 0.6) is 0 Å². The minimum atomic E-state index is -2.25. The van der Waals surface area contributed by atoms with Crippen molar-refractivity contribution in [2.75, 3.05) is 0 Å². The van der Waals surface area contributed by atoms with Gasteiger partial charge >= 0.3 is 0 Å². The van der Waals surface area contributed by atoms with Gasteiger partial charge in [0.25, 0.3) is 8.32 Å². The smallest absolute Gasteiger partial charge is 0.261 e. The molecular formula is C19H24OSi. The number of rotatable bonds is 4. The second-order valence-electron chi connectivity index (χ2n) is 6.98. The largest absolute Gasteiger partial charge is 0.404 e. The summed E-state index contributed by atoms with van der Waals surface area (Å²) in [6, 6.07) is 21.8. The van der Waals surface area contributed by atoms with E-state index >= 15 is 0 Å². The molecule has 1 aliphatic carbocycles. The molecule has 2 aromatic rings. The van der Waals surface area contributed by atoms with E-state index < -0.39 is 8.32 Å². The maximum Gasteiger partial charge on any atom is 0.261 e. The highest BCUT2D eigenvalue weighted by Gasteiger charge is 2.52. The minimum Gasteiger partial charge on any atom is -0.404 e. The van der Waals surface area contributed by atoms with Gasteiger partial charge in [-0.05, 0) is 28.3 Å². The molecule has 0 amide bonds. The summed E-state index contributed by atoms with van der Waals surface area (Å²) < 4.78 is 6.82. The normalized spacial score (nSPS) is 16.0. The molecule has 0 aromatic heterocycles. The monoisotopic (exact) mass is 296 g/mol. The minimum absolute atomic E-state index is 0.109. The Morgan fingerprint density at radius 2 is 1.24 bits per heavy atom. The van der Waals surface area contributed by atoms with Gasteiger partial charge in [-0.2, -0.15) is 0 Å². The van der Waals surface area contributed by atoms with Crippen LogP contribution in [0.15, 0.2) is 60.7 Å². The summed E-state index contributed by atoms with van der Waals surface area (Å²) in [5.74, 6) is 0. The third-order valence-electron chi connectivity index (χ3n) is 4.28. The van der Waals surface area contributed by atoms with Gasteiger partial charge < -0.3 is 4.43 Å². The molecule has 0 spiro atoms. The van der Waals surface area contributed by atoms with Crippen LogP contribution in [0.3, 0.4) is 0 Å². The molecule has 0 N–H and O–H groups in total. The summed E-state index contributed by atoms with van der Waals surface area (Å²) in [7, 11) is -2.25. The van der Waals surface area contributed by atoms with Crippen molar-refractivity contribution in [1.82, 2.24) is 0 Å². The Kier molecular flexibility index (Phi) is 3.76. The summed E-state index contributed by atoms with van der Waals surface area (Å²) in [6.45, 7) is 7.00. The van der Waals surface area contributed by atoms with Crippen LogP contribution in [0.2, 0.25) is 5.04 Å². The standard InChI is InChI=1S/C19H24OSi/c1-19(2,3)21(20-16-14-15-16,17-10-6-4-7-11-17)18-12-8-5-9-13-18/h4-13,16H,14-15H2,1-3H3. The number of hydrogen-bond acceptors (Lipinski definition) is 1. The fraction of sp³-hybridized carbons (Fsp3) is 0.368. The van der Waals surface area contributed by atoms with Crippen LogP contribution in [0.1, 0.15) is 33.6 Å². The first-order valence-electron chi connectivity index (χ1n) is 7.83. The first kappa shape index (κ1) is 14.5. The Bertz CT molecular complexity index is 542. The summed E-state index contributed by atoms with van der Waals surface area (Å²) in [4.78, 5) is 0. The third-order valence-corrected chi connectivity index (χ3v) is 9.38. The van der Waals surface area contributed by atoms with Crippen molar-refractivity contribution < 1.29 is 4.43 Å². The molecule has 110 valence electrons. The van der Waals surface area contributed by atoms with Gasteiger partial charge in [-0.15, -0.1) is 0 Å². The van der Waals surface area contributed by atoms with E-state index in [1.165, 1.54) is 23.2 Å². The molecule has 0 saturated heterocycles. The van der Waals surface area contributed by atoms with Gasteiger partial charge in [0.1, 0.15) is 0 Å². The van der Waals surface area contributed by atoms with E-state index in [0.717, 1.165) is 0 Å². The Morgan fingerprint density at radius 1 is 0.810 bits per heavy atom.